The van der Waals surface area contributed by atoms with Gasteiger partial charge >= 0.3 is 0 Å². The van der Waals surface area contributed by atoms with Crippen LogP contribution < -0.4 is 5.56 Å². The predicted octanol–water partition coefficient (Wildman–Crippen LogP) is -0.901. The van der Waals surface area contributed by atoms with Gasteiger partial charge in [0.2, 0.25) is 5.72 Å². The fourth-order valence-electron chi connectivity index (χ4n) is 2.30. The lowest BCUT2D eigenvalue weighted by Gasteiger charge is -2.26. The summed E-state index contributed by atoms with van der Waals surface area (Å²) in [5.41, 5.74) is -1.99. The Labute approximate surface area is 106 Å². The van der Waals surface area contributed by atoms with Gasteiger partial charge in [-0.25, -0.2) is 9.37 Å². The Bertz CT molecular complexity index is 669. The largest absolute Gasteiger partial charge is 0.394 e. The summed E-state index contributed by atoms with van der Waals surface area (Å²) >= 11 is 0. The maximum Gasteiger partial charge on any atom is 0.276 e. The van der Waals surface area contributed by atoms with Crippen LogP contribution in [0.15, 0.2) is 23.4 Å². The molecule has 0 aliphatic carbocycles. The molecule has 3 N–H and O–H groups in total. The zero-order chi connectivity index (χ0) is 13.6. The van der Waals surface area contributed by atoms with Gasteiger partial charge in [-0.1, -0.05) is 0 Å². The van der Waals surface area contributed by atoms with Gasteiger partial charge in [0.25, 0.3) is 5.56 Å². The van der Waals surface area contributed by atoms with Crippen LogP contribution in [0.25, 0.3) is 11.0 Å². The van der Waals surface area contributed by atoms with Crippen molar-refractivity contribution in [3.8, 4) is 0 Å². The number of aliphatic hydroxyl groups excluding tert-OH is 1. The van der Waals surface area contributed by atoms with Crippen LogP contribution in [0.1, 0.15) is 0 Å². The third-order valence-electron chi connectivity index (χ3n) is 3.35. The first-order valence-electron chi connectivity index (χ1n) is 5.72. The number of pyridine rings is 1. The molecule has 0 aromatic carbocycles. The minimum atomic E-state index is -1.98. The molecule has 2 aromatic rings. The second-order valence-electron chi connectivity index (χ2n) is 4.47. The van der Waals surface area contributed by atoms with Crippen molar-refractivity contribution in [2.24, 2.45) is 0 Å². The normalized spacial score (nSPS) is 31.1. The third kappa shape index (κ3) is 1.61. The summed E-state index contributed by atoms with van der Waals surface area (Å²) < 4.78 is 20.3. The smallest absolute Gasteiger partial charge is 0.276 e. The number of halogens is 1. The van der Waals surface area contributed by atoms with E-state index in [1.807, 2.05) is 0 Å². The standard InChI is InChI=1S/C11H12FN3O4/c12-9-7(3-16)19-4-11(9,18)15-5-14-8-6(15)1-2-13-10(8)17/h1-2,5,7,9,16,18H,3-4H2,(H,13,17)/t7-,9+,11+/m1/s1. The van der Waals surface area contributed by atoms with Crippen LogP contribution in [-0.2, 0) is 10.5 Å². The number of nitrogens with zero attached hydrogens (tertiary/aromatic N) is 2. The molecule has 3 rings (SSSR count). The van der Waals surface area contributed by atoms with Crippen LogP contribution in [0.4, 0.5) is 4.39 Å². The first-order valence-corrected chi connectivity index (χ1v) is 5.72. The molecule has 3 atom stereocenters. The Morgan fingerprint density at radius 1 is 1.68 bits per heavy atom. The maximum atomic E-state index is 14.2. The van der Waals surface area contributed by atoms with Crippen LogP contribution in [0, 0.1) is 0 Å². The van der Waals surface area contributed by atoms with E-state index in [0.717, 1.165) is 4.57 Å². The van der Waals surface area contributed by atoms with Crippen molar-refractivity contribution in [2.45, 2.75) is 18.0 Å². The number of ether oxygens (including phenoxy) is 1. The molecule has 19 heavy (non-hydrogen) atoms. The van der Waals surface area contributed by atoms with Gasteiger partial charge in [0, 0.05) is 6.20 Å². The maximum absolute atomic E-state index is 14.2. The van der Waals surface area contributed by atoms with E-state index in [1.165, 1.54) is 18.6 Å². The van der Waals surface area contributed by atoms with Crippen LogP contribution in [0.2, 0.25) is 0 Å². The lowest BCUT2D eigenvalue weighted by Crippen LogP contribution is -2.44. The van der Waals surface area contributed by atoms with Gasteiger partial charge in [-0.3, -0.25) is 9.36 Å². The number of alkyl halides is 1. The fourth-order valence-corrected chi connectivity index (χ4v) is 2.30. The number of nitrogens with one attached hydrogen (secondary N) is 1. The highest BCUT2D eigenvalue weighted by Crippen LogP contribution is 2.33. The molecule has 8 heteroatoms. The van der Waals surface area contributed by atoms with Crippen molar-refractivity contribution >= 4 is 11.0 Å². The topological polar surface area (TPSA) is 100 Å². The van der Waals surface area contributed by atoms with Crippen LogP contribution in [0.5, 0.6) is 0 Å². The summed E-state index contributed by atoms with van der Waals surface area (Å²) in [5.74, 6) is 0. The van der Waals surface area contributed by atoms with Crippen molar-refractivity contribution < 1.29 is 19.3 Å². The zero-order valence-corrected chi connectivity index (χ0v) is 9.78. The highest BCUT2D eigenvalue weighted by molar-refractivity contribution is 5.74. The summed E-state index contributed by atoms with van der Waals surface area (Å²) in [6.45, 7) is -0.853. The lowest BCUT2D eigenvalue weighted by molar-refractivity contribution is -0.0787. The number of aliphatic hydroxyl groups is 2. The number of rotatable bonds is 2. The monoisotopic (exact) mass is 269 g/mol. The van der Waals surface area contributed by atoms with Gasteiger partial charge in [-0.2, -0.15) is 0 Å². The predicted molar refractivity (Wildman–Crippen MR) is 62.3 cm³/mol. The molecule has 0 saturated carbocycles. The third-order valence-corrected chi connectivity index (χ3v) is 3.35. The molecule has 1 fully saturated rings. The molecule has 0 unspecified atom stereocenters. The first kappa shape index (κ1) is 12.3. The molecular formula is C11H12FN3O4. The highest BCUT2D eigenvalue weighted by atomic mass is 19.1. The van der Waals surface area contributed by atoms with Gasteiger partial charge in [-0.15, -0.1) is 0 Å². The first-order chi connectivity index (χ1) is 9.08. The average Bonchev–Trinajstić information content (AvgIpc) is 2.95. The van der Waals surface area contributed by atoms with E-state index in [2.05, 4.69) is 9.97 Å². The number of aromatic nitrogens is 3. The number of hydrogen-bond acceptors (Lipinski definition) is 5. The molecule has 3 heterocycles. The molecular weight excluding hydrogens is 257 g/mol. The van der Waals surface area contributed by atoms with E-state index in [4.69, 9.17) is 9.84 Å². The average molecular weight is 269 g/mol. The van der Waals surface area contributed by atoms with E-state index in [-0.39, 0.29) is 12.1 Å². The lowest BCUT2D eigenvalue weighted by atomic mass is 10.1. The minimum Gasteiger partial charge on any atom is -0.394 e. The van der Waals surface area contributed by atoms with Gasteiger partial charge in [0.1, 0.15) is 6.10 Å². The summed E-state index contributed by atoms with van der Waals surface area (Å²) in [6.07, 6.45) is -0.326. The van der Waals surface area contributed by atoms with Crippen LogP contribution >= 0.6 is 0 Å². The molecule has 7 nitrogen and oxygen atoms in total. The van der Waals surface area contributed by atoms with E-state index < -0.39 is 30.2 Å². The van der Waals surface area contributed by atoms with Crippen molar-refractivity contribution in [1.29, 1.82) is 0 Å². The minimum absolute atomic E-state index is 0.107. The summed E-state index contributed by atoms with van der Waals surface area (Å²) in [5, 5.41) is 19.4. The molecule has 1 saturated heterocycles. The number of fused-ring (bicyclic) bond motifs is 1. The van der Waals surface area contributed by atoms with Crippen molar-refractivity contribution in [2.75, 3.05) is 13.2 Å². The molecule has 2 aromatic heterocycles. The van der Waals surface area contributed by atoms with E-state index >= 15 is 0 Å². The molecule has 0 amide bonds. The fraction of sp³-hybridized carbons (Fsp3) is 0.455. The quantitative estimate of drug-likeness (QED) is 0.656. The van der Waals surface area contributed by atoms with Crippen molar-refractivity contribution in [3.05, 3.63) is 28.9 Å². The molecule has 102 valence electrons. The van der Waals surface area contributed by atoms with Crippen LogP contribution in [0.3, 0.4) is 0 Å². The number of imidazole rings is 1. The molecule has 0 spiro atoms. The van der Waals surface area contributed by atoms with Gasteiger partial charge in [0.15, 0.2) is 11.7 Å². The Morgan fingerprint density at radius 3 is 3.16 bits per heavy atom. The number of aromatic amines is 1. The number of hydrogen-bond donors (Lipinski definition) is 3. The zero-order valence-electron chi connectivity index (χ0n) is 9.78. The summed E-state index contributed by atoms with van der Waals surface area (Å²) in [4.78, 5) is 17.8. The Balaban J connectivity index is 2.15. The van der Waals surface area contributed by atoms with Gasteiger partial charge in [0.05, 0.1) is 25.1 Å². The second-order valence-corrected chi connectivity index (χ2v) is 4.47. The molecule has 1 aliphatic heterocycles. The Kier molecular flexibility index (Phi) is 2.66. The van der Waals surface area contributed by atoms with Crippen LogP contribution in [-0.4, -0.2) is 50.2 Å². The Morgan fingerprint density at radius 2 is 2.47 bits per heavy atom. The van der Waals surface area contributed by atoms with E-state index in [1.54, 1.807) is 0 Å². The van der Waals surface area contributed by atoms with E-state index in [9.17, 15) is 14.3 Å². The summed E-state index contributed by atoms with van der Waals surface area (Å²) in [7, 11) is 0. The van der Waals surface area contributed by atoms with Gasteiger partial charge in [-0.05, 0) is 6.07 Å². The summed E-state index contributed by atoms with van der Waals surface area (Å²) in [6, 6.07) is 1.51. The van der Waals surface area contributed by atoms with E-state index in [0.29, 0.717) is 5.52 Å². The molecule has 1 aliphatic rings. The van der Waals surface area contributed by atoms with Crippen molar-refractivity contribution in [3.63, 3.8) is 0 Å². The highest BCUT2D eigenvalue weighted by Gasteiger charge is 2.51. The SMILES string of the molecule is O=c1[nH]ccc2c1ncn2[C@]1(O)CO[C@H](CO)[C@@H]1F. The van der Waals surface area contributed by atoms with Gasteiger partial charge < -0.3 is 19.9 Å². The Hall–Kier alpha value is -1.77. The number of H-pyrrole nitrogens is 1. The van der Waals surface area contributed by atoms with Crippen molar-refractivity contribution in [1.82, 2.24) is 14.5 Å². The molecule has 0 radical (unpaired) electrons. The molecule has 0 bridgehead atoms. The second kappa shape index (κ2) is 4.12.